The minimum atomic E-state index is -0.0407. The lowest BCUT2D eigenvalue weighted by Gasteiger charge is -2.18. The minimum absolute atomic E-state index is 0.0407. The largest absolute Gasteiger partial charge is 0.496 e. The number of nitrogens with two attached hydrogens (primary N) is 1. The van der Waals surface area contributed by atoms with E-state index in [0.29, 0.717) is 6.42 Å². The van der Waals surface area contributed by atoms with Crippen LogP contribution < -0.4 is 16.0 Å². The van der Waals surface area contributed by atoms with Gasteiger partial charge in [0.15, 0.2) is 0 Å². The average molecular weight is 289 g/mol. The average Bonchev–Trinajstić information content (AvgIpc) is 2.77. The van der Waals surface area contributed by atoms with Gasteiger partial charge in [-0.3, -0.25) is 16.3 Å². The van der Waals surface area contributed by atoms with Crippen molar-refractivity contribution in [2.75, 3.05) is 7.11 Å². The van der Waals surface area contributed by atoms with E-state index in [4.69, 9.17) is 15.0 Å². The second kappa shape index (κ2) is 6.28. The molecule has 1 unspecified atom stereocenters. The smallest absolute Gasteiger partial charge is 0.128 e. The zero-order valence-electron chi connectivity index (χ0n) is 13.3. The molecule has 0 fully saturated rings. The molecule has 0 aliphatic heterocycles. The maximum Gasteiger partial charge on any atom is 0.128 e. The monoisotopic (exact) mass is 289 g/mol. The van der Waals surface area contributed by atoms with E-state index in [1.54, 1.807) is 7.11 Å². The van der Waals surface area contributed by atoms with Gasteiger partial charge in [-0.2, -0.15) is 0 Å². The van der Waals surface area contributed by atoms with Crippen molar-refractivity contribution in [3.05, 3.63) is 46.2 Å². The van der Waals surface area contributed by atoms with Crippen molar-refractivity contribution >= 4 is 0 Å². The van der Waals surface area contributed by atoms with E-state index in [2.05, 4.69) is 10.4 Å². The maximum atomic E-state index is 5.73. The Kier molecular flexibility index (Phi) is 4.65. The van der Waals surface area contributed by atoms with Crippen LogP contribution >= 0.6 is 0 Å². The molecule has 0 saturated heterocycles. The van der Waals surface area contributed by atoms with Gasteiger partial charge < -0.3 is 9.15 Å². The molecule has 1 atom stereocenters. The summed E-state index contributed by atoms with van der Waals surface area (Å²) in [5.74, 6) is 8.38. The fourth-order valence-corrected chi connectivity index (χ4v) is 2.73. The van der Waals surface area contributed by atoms with Crippen LogP contribution in [0.1, 0.15) is 39.9 Å². The van der Waals surface area contributed by atoms with Crippen LogP contribution in [0.3, 0.4) is 0 Å². The molecule has 5 heteroatoms. The van der Waals surface area contributed by atoms with Crippen LogP contribution in [0.25, 0.3) is 0 Å². The van der Waals surface area contributed by atoms with E-state index in [9.17, 15) is 0 Å². The van der Waals surface area contributed by atoms with Crippen molar-refractivity contribution in [3.63, 3.8) is 0 Å². The number of hydrazine groups is 1. The van der Waals surface area contributed by atoms with E-state index in [0.717, 1.165) is 39.7 Å². The van der Waals surface area contributed by atoms with Crippen molar-refractivity contribution in [2.45, 2.75) is 40.2 Å². The zero-order chi connectivity index (χ0) is 15.6. The third kappa shape index (κ3) is 3.09. The first-order valence-electron chi connectivity index (χ1n) is 7.00. The van der Waals surface area contributed by atoms with E-state index >= 15 is 0 Å². The molecule has 21 heavy (non-hydrogen) atoms. The highest BCUT2D eigenvalue weighted by molar-refractivity contribution is 5.41. The van der Waals surface area contributed by atoms with Crippen LogP contribution in [0, 0.1) is 27.7 Å². The van der Waals surface area contributed by atoms with Gasteiger partial charge in [0.1, 0.15) is 17.3 Å². The van der Waals surface area contributed by atoms with Crippen LogP contribution in [-0.2, 0) is 6.42 Å². The lowest BCUT2D eigenvalue weighted by molar-refractivity contribution is 0.406. The molecule has 0 bridgehead atoms. The summed E-state index contributed by atoms with van der Waals surface area (Å²) in [6.45, 7) is 7.89. The highest BCUT2D eigenvalue weighted by Gasteiger charge is 2.19. The van der Waals surface area contributed by atoms with E-state index in [1.807, 2.05) is 40.0 Å². The van der Waals surface area contributed by atoms with E-state index in [1.165, 1.54) is 0 Å². The second-order valence-electron chi connectivity index (χ2n) is 5.34. The van der Waals surface area contributed by atoms with Gasteiger partial charge in [0.2, 0.25) is 0 Å². The number of rotatable bonds is 5. The van der Waals surface area contributed by atoms with Crippen LogP contribution in [0.4, 0.5) is 0 Å². The normalized spacial score (nSPS) is 12.5. The Labute approximate surface area is 125 Å². The topological polar surface area (TPSA) is 73.3 Å². The van der Waals surface area contributed by atoms with Crippen molar-refractivity contribution in [1.29, 1.82) is 0 Å². The number of aromatic nitrogens is 1. The predicted molar refractivity (Wildman–Crippen MR) is 82.2 cm³/mol. The number of nitrogens with one attached hydrogen (secondary N) is 1. The molecule has 2 aromatic heterocycles. The summed E-state index contributed by atoms with van der Waals surface area (Å²) in [5, 5.41) is 0. The number of ether oxygens (including phenoxy) is 1. The first-order chi connectivity index (χ1) is 9.97. The summed E-state index contributed by atoms with van der Waals surface area (Å²) in [6, 6.07) is 1.97. The molecule has 0 saturated carbocycles. The molecule has 3 N–H and O–H groups in total. The van der Waals surface area contributed by atoms with Crippen LogP contribution in [0.2, 0.25) is 0 Å². The molecule has 0 aliphatic carbocycles. The number of hydrogen-bond acceptors (Lipinski definition) is 5. The fourth-order valence-electron chi connectivity index (χ4n) is 2.73. The molecule has 2 heterocycles. The number of methoxy groups -OCH3 is 1. The molecule has 2 aromatic rings. The van der Waals surface area contributed by atoms with Gasteiger partial charge in [0.25, 0.3) is 0 Å². The predicted octanol–water partition coefficient (Wildman–Crippen LogP) is 2.66. The molecule has 0 aliphatic rings. The van der Waals surface area contributed by atoms with Gasteiger partial charge in [0, 0.05) is 35.0 Å². The van der Waals surface area contributed by atoms with E-state index < -0.39 is 0 Å². The first kappa shape index (κ1) is 15.5. The van der Waals surface area contributed by atoms with Gasteiger partial charge in [-0.1, -0.05) is 0 Å². The Balaban J connectivity index is 2.33. The fraction of sp³-hybridized carbons (Fsp3) is 0.438. The number of aryl methyl sites for hydroxylation is 3. The minimum Gasteiger partial charge on any atom is -0.496 e. The lowest BCUT2D eigenvalue weighted by atomic mass is 9.99. The molecule has 0 radical (unpaired) electrons. The Bertz CT molecular complexity index is 635. The standard InChI is InChI=1S/C16H23N3O2/c1-9-8-18-14(11(3)16(9)20-5)7-15(19-17)13-6-10(2)21-12(13)4/h6,8,15,19H,7,17H2,1-5H3. The lowest BCUT2D eigenvalue weighted by Crippen LogP contribution is -2.30. The molecule has 114 valence electrons. The summed E-state index contributed by atoms with van der Waals surface area (Å²) in [6.07, 6.45) is 2.51. The Morgan fingerprint density at radius 1 is 1.33 bits per heavy atom. The number of nitrogens with zero attached hydrogens (tertiary/aromatic N) is 1. The number of pyridine rings is 1. The first-order valence-corrected chi connectivity index (χ1v) is 7.00. The van der Waals surface area contributed by atoms with E-state index in [-0.39, 0.29) is 6.04 Å². The Morgan fingerprint density at radius 3 is 2.57 bits per heavy atom. The molecular weight excluding hydrogens is 266 g/mol. The number of furan rings is 1. The van der Waals surface area contributed by atoms with Gasteiger partial charge in [0.05, 0.1) is 13.2 Å². The van der Waals surface area contributed by atoms with Crippen molar-refractivity contribution in [2.24, 2.45) is 5.84 Å². The summed E-state index contributed by atoms with van der Waals surface area (Å²) < 4.78 is 11.0. The van der Waals surface area contributed by atoms with Gasteiger partial charge in [-0.15, -0.1) is 0 Å². The van der Waals surface area contributed by atoms with Gasteiger partial charge >= 0.3 is 0 Å². The summed E-state index contributed by atoms with van der Waals surface area (Å²) in [7, 11) is 1.68. The van der Waals surface area contributed by atoms with Crippen LogP contribution in [0.5, 0.6) is 5.75 Å². The Hall–Kier alpha value is -1.85. The zero-order valence-corrected chi connectivity index (χ0v) is 13.3. The molecule has 0 spiro atoms. The van der Waals surface area contributed by atoms with Crippen molar-refractivity contribution in [1.82, 2.24) is 10.4 Å². The molecular formula is C16H23N3O2. The molecule has 0 aromatic carbocycles. The van der Waals surface area contributed by atoms with Gasteiger partial charge in [-0.25, -0.2) is 0 Å². The van der Waals surface area contributed by atoms with Crippen LogP contribution in [-0.4, -0.2) is 12.1 Å². The number of hydrogen-bond donors (Lipinski definition) is 2. The summed E-state index contributed by atoms with van der Waals surface area (Å²) in [5.41, 5.74) is 6.98. The molecule has 5 nitrogen and oxygen atoms in total. The SMILES string of the molecule is COc1c(C)cnc(CC(NN)c2cc(C)oc2C)c1C. The quantitative estimate of drug-likeness (QED) is 0.654. The highest BCUT2D eigenvalue weighted by atomic mass is 16.5. The summed E-state index contributed by atoms with van der Waals surface area (Å²) in [4.78, 5) is 4.53. The van der Waals surface area contributed by atoms with Crippen molar-refractivity contribution < 1.29 is 9.15 Å². The Morgan fingerprint density at radius 2 is 2.05 bits per heavy atom. The van der Waals surface area contributed by atoms with Crippen molar-refractivity contribution in [3.8, 4) is 5.75 Å². The van der Waals surface area contributed by atoms with Crippen LogP contribution in [0.15, 0.2) is 16.7 Å². The second-order valence-corrected chi connectivity index (χ2v) is 5.34. The molecule has 0 amide bonds. The third-order valence-corrected chi connectivity index (χ3v) is 3.80. The molecule has 2 rings (SSSR count). The third-order valence-electron chi connectivity index (χ3n) is 3.80. The highest BCUT2D eigenvalue weighted by Crippen LogP contribution is 2.29. The maximum absolute atomic E-state index is 5.73. The summed E-state index contributed by atoms with van der Waals surface area (Å²) >= 11 is 0. The van der Waals surface area contributed by atoms with Gasteiger partial charge in [-0.05, 0) is 33.8 Å².